The van der Waals surface area contributed by atoms with E-state index in [1.807, 2.05) is 13.0 Å². The first-order valence-electron chi connectivity index (χ1n) is 9.75. The fourth-order valence-corrected chi connectivity index (χ4v) is 5.41. The molecule has 1 saturated heterocycles. The third-order valence-electron chi connectivity index (χ3n) is 5.95. The molecule has 6 nitrogen and oxygen atoms in total. The van der Waals surface area contributed by atoms with Crippen molar-refractivity contribution in [2.75, 3.05) is 11.9 Å². The molecule has 1 aliphatic heterocycles. The maximum Gasteiger partial charge on any atom is 1.00 e. The Bertz CT molecular complexity index is 906. The fourth-order valence-electron chi connectivity index (χ4n) is 4.60. The number of hydrogen-bond acceptors (Lipinski definition) is 4. The molecule has 1 aromatic rings. The van der Waals surface area contributed by atoms with Gasteiger partial charge in [0.2, 0.25) is 0 Å². The first-order valence-corrected chi connectivity index (χ1v) is 11.3. The summed E-state index contributed by atoms with van der Waals surface area (Å²) in [6, 6.07) is 1.20. The van der Waals surface area contributed by atoms with E-state index in [0.29, 0.717) is 0 Å². The van der Waals surface area contributed by atoms with Gasteiger partial charge in [0.05, 0.1) is 0 Å². The Balaban J connectivity index is 0.00000225. The minimum absolute atomic E-state index is 0. The molecule has 0 radical (unpaired) electrons. The van der Waals surface area contributed by atoms with Crippen LogP contribution in [0.15, 0.2) is 17.6 Å². The summed E-state index contributed by atoms with van der Waals surface area (Å²) in [5, 5.41) is 7.03. The minimum atomic E-state index is -3.96. The Hall–Kier alpha value is -0.860. The summed E-state index contributed by atoms with van der Waals surface area (Å²) < 4.78 is 27.8. The number of carbonyl (C=O) groups excluding carboxylic acids is 1. The second-order valence-electron chi connectivity index (χ2n) is 8.01. The number of hydrogen-bond donors (Lipinski definition) is 2. The first-order chi connectivity index (χ1) is 12.9. The minimum Gasteiger partial charge on any atom is -0.423 e. The Morgan fingerprint density at radius 1 is 1.14 bits per heavy atom. The van der Waals surface area contributed by atoms with Crippen LogP contribution in [-0.2, 0) is 35.7 Å². The van der Waals surface area contributed by atoms with Gasteiger partial charge in [-0.25, -0.2) is 8.42 Å². The van der Waals surface area contributed by atoms with Crippen LogP contribution in [0.5, 0.6) is 0 Å². The van der Waals surface area contributed by atoms with E-state index in [-0.39, 0.29) is 35.1 Å². The SMILES string of the molecule is C[C@@]1(/C=C/S(=O)(=O)[N-]C(=O)Nc2cc3c(c4c2CCC4)CCC3)CCCN1.[Na+]. The molecule has 28 heavy (non-hydrogen) atoms. The average Bonchev–Trinajstić information content (AvgIpc) is 3.32. The normalized spacial score (nSPS) is 23.3. The molecule has 0 aromatic heterocycles. The summed E-state index contributed by atoms with van der Waals surface area (Å²) in [7, 11) is -3.96. The van der Waals surface area contributed by atoms with Gasteiger partial charge in [0.15, 0.2) is 16.1 Å². The van der Waals surface area contributed by atoms with Crippen LogP contribution in [0.25, 0.3) is 4.72 Å². The molecule has 0 spiro atoms. The van der Waals surface area contributed by atoms with E-state index >= 15 is 0 Å². The number of nitrogens with zero attached hydrogens (tertiary/aromatic N) is 1. The van der Waals surface area contributed by atoms with Gasteiger partial charge < -0.3 is 15.4 Å². The zero-order chi connectivity index (χ0) is 19.1. The van der Waals surface area contributed by atoms with Crippen molar-refractivity contribution >= 4 is 21.7 Å². The number of nitrogens with one attached hydrogen (secondary N) is 2. The van der Waals surface area contributed by atoms with Crippen molar-refractivity contribution in [1.82, 2.24) is 5.32 Å². The van der Waals surface area contributed by atoms with E-state index in [9.17, 15) is 13.2 Å². The van der Waals surface area contributed by atoms with E-state index < -0.39 is 16.1 Å². The average molecular weight is 412 g/mol. The molecule has 1 aromatic carbocycles. The van der Waals surface area contributed by atoms with Crippen LogP contribution >= 0.6 is 0 Å². The van der Waals surface area contributed by atoms with Crippen LogP contribution in [-0.4, -0.2) is 26.5 Å². The van der Waals surface area contributed by atoms with Gasteiger partial charge >= 0.3 is 29.6 Å². The first kappa shape index (κ1) is 21.8. The second kappa shape index (κ2) is 8.48. The van der Waals surface area contributed by atoms with Crippen molar-refractivity contribution in [3.63, 3.8) is 0 Å². The number of benzene rings is 1. The molecule has 1 heterocycles. The van der Waals surface area contributed by atoms with Crippen molar-refractivity contribution < 1.29 is 42.8 Å². The summed E-state index contributed by atoms with van der Waals surface area (Å²) in [6.45, 7) is 2.81. The van der Waals surface area contributed by atoms with Gasteiger partial charge in [0.1, 0.15) is 0 Å². The van der Waals surface area contributed by atoms with Crippen molar-refractivity contribution in [2.24, 2.45) is 0 Å². The van der Waals surface area contributed by atoms with Crippen LogP contribution in [0.4, 0.5) is 10.5 Å². The summed E-state index contributed by atoms with van der Waals surface area (Å²) in [5.41, 5.74) is 5.65. The quantitative estimate of drug-likeness (QED) is 0.709. The summed E-state index contributed by atoms with van der Waals surface area (Å²) in [5.74, 6) is 0. The topological polar surface area (TPSA) is 89.4 Å². The van der Waals surface area contributed by atoms with Crippen LogP contribution in [0, 0.1) is 0 Å². The van der Waals surface area contributed by atoms with Crippen LogP contribution in [0.3, 0.4) is 0 Å². The number of aryl methyl sites for hydroxylation is 1. The van der Waals surface area contributed by atoms with E-state index in [2.05, 4.69) is 15.4 Å². The molecular weight excluding hydrogens is 385 g/mol. The number of rotatable bonds is 4. The Kier molecular flexibility index (Phi) is 6.61. The molecule has 0 unspecified atom stereocenters. The number of urea groups is 1. The predicted molar refractivity (Wildman–Crippen MR) is 107 cm³/mol. The Labute approximate surface area is 189 Å². The van der Waals surface area contributed by atoms with E-state index in [4.69, 9.17) is 0 Å². The second-order valence-corrected chi connectivity index (χ2v) is 9.50. The van der Waals surface area contributed by atoms with E-state index in [1.165, 1.54) is 16.7 Å². The summed E-state index contributed by atoms with van der Waals surface area (Å²) in [4.78, 5) is 12.3. The maximum absolute atomic E-state index is 12.3. The molecule has 1 fully saturated rings. The number of sulfonamides is 1. The van der Waals surface area contributed by atoms with Gasteiger partial charge in [0.25, 0.3) is 0 Å². The van der Waals surface area contributed by atoms with Crippen LogP contribution < -0.4 is 40.2 Å². The summed E-state index contributed by atoms with van der Waals surface area (Å²) in [6.07, 6.45) is 9.80. The Morgan fingerprint density at radius 2 is 1.86 bits per heavy atom. The summed E-state index contributed by atoms with van der Waals surface area (Å²) >= 11 is 0. The molecule has 2 N–H and O–H groups in total. The van der Waals surface area contributed by atoms with Gasteiger partial charge in [-0.05, 0) is 92.8 Å². The van der Waals surface area contributed by atoms with Crippen LogP contribution in [0.1, 0.15) is 54.9 Å². The maximum atomic E-state index is 12.3. The Morgan fingerprint density at radius 3 is 2.61 bits per heavy atom. The number of fused-ring (bicyclic) bond motifs is 3. The molecular formula is C20H26N3NaO3S. The van der Waals surface area contributed by atoms with Gasteiger partial charge in [0, 0.05) is 10.9 Å². The van der Waals surface area contributed by atoms with Crippen LogP contribution in [0.2, 0.25) is 0 Å². The van der Waals surface area contributed by atoms with Crippen molar-refractivity contribution in [1.29, 1.82) is 0 Å². The fraction of sp³-hybridized carbons (Fsp3) is 0.550. The molecule has 0 saturated carbocycles. The monoisotopic (exact) mass is 411 g/mol. The molecule has 2 aliphatic carbocycles. The molecule has 4 rings (SSSR count). The largest absolute Gasteiger partial charge is 1.00 e. The number of carbonyl (C=O) groups is 1. The molecule has 2 amide bonds. The molecule has 0 bridgehead atoms. The van der Waals surface area contributed by atoms with E-state index in [1.54, 1.807) is 6.08 Å². The molecule has 3 aliphatic rings. The molecule has 8 heteroatoms. The van der Waals surface area contributed by atoms with Gasteiger partial charge in [-0.15, -0.1) is 0 Å². The van der Waals surface area contributed by atoms with E-state index in [0.717, 1.165) is 74.6 Å². The predicted octanol–water partition coefficient (Wildman–Crippen LogP) is 0.559. The van der Waals surface area contributed by atoms with Crippen molar-refractivity contribution in [3.05, 3.63) is 44.5 Å². The van der Waals surface area contributed by atoms with Crippen molar-refractivity contribution in [3.8, 4) is 0 Å². The zero-order valence-corrected chi connectivity index (χ0v) is 19.5. The zero-order valence-electron chi connectivity index (χ0n) is 16.7. The van der Waals surface area contributed by atoms with Gasteiger partial charge in [-0.2, -0.15) is 0 Å². The molecule has 146 valence electrons. The number of anilines is 1. The smallest absolute Gasteiger partial charge is 0.423 e. The number of amides is 2. The molecule has 1 atom stereocenters. The standard InChI is InChI=1S/C20H27N3O3S.Na/c1-20(9-4-11-21-20)10-12-27(25,26)23-19(24)22-18-13-14-5-2-6-15(14)16-7-3-8-17(16)18;/h10,12-13,21H,2-9,11H2,1H3,(H2,22,23,24);/q;+1/p-1/b12-10+;/t20-;/m0./s1. The third-order valence-corrected chi connectivity index (χ3v) is 6.85. The third kappa shape index (κ3) is 4.65. The van der Waals surface area contributed by atoms with Crippen molar-refractivity contribution in [2.45, 2.75) is 63.8 Å². The van der Waals surface area contributed by atoms with Gasteiger partial charge in [-0.3, -0.25) is 4.79 Å². The van der Waals surface area contributed by atoms with Gasteiger partial charge in [-0.1, -0.05) is 12.1 Å².